The van der Waals surface area contributed by atoms with E-state index in [1.165, 1.54) is 37.7 Å². The van der Waals surface area contributed by atoms with Gasteiger partial charge in [0.05, 0.1) is 0 Å². The first-order valence-corrected chi connectivity index (χ1v) is 9.16. The summed E-state index contributed by atoms with van der Waals surface area (Å²) < 4.78 is 12.3. The van der Waals surface area contributed by atoms with Gasteiger partial charge in [-0.2, -0.15) is 0 Å². The Hall–Kier alpha value is -0.220. The third kappa shape index (κ3) is 4.39. The van der Waals surface area contributed by atoms with E-state index in [4.69, 9.17) is 9.47 Å². The zero-order chi connectivity index (χ0) is 14.4. The molecule has 0 radical (unpaired) electrons. The van der Waals surface area contributed by atoms with Crippen molar-refractivity contribution in [2.75, 3.05) is 13.2 Å². The monoisotopic (exact) mass is 404 g/mol. The number of alkyl halides is 1. The molecule has 0 saturated heterocycles. The van der Waals surface area contributed by atoms with E-state index in [0.717, 1.165) is 22.4 Å². The zero-order valence-corrected chi connectivity index (χ0v) is 15.1. The van der Waals surface area contributed by atoms with Gasteiger partial charge in [-0.25, -0.2) is 0 Å². The number of benzene rings is 1. The third-order valence-electron chi connectivity index (χ3n) is 3.56. The maximum atomic E-state index is 5.66. The van der Waals surface area contributed by atoms with Gasteiger partial charge in [0.15, 0.2) is 11.5 Å². The Morgan fingerprint density at radius 3 is 2.40 bits per heavy atom. The summed E-state index contributed by atoms with van der Waals surface area (Å²) in [6.07, 6.45) is 7.72. The molecular formula is C16H22Br2O2. The molecule has 1 aliphatic rings. The Kier molecular flexibility index (Phi) is 6.69. The van der Waals surface area contributed by atoms with Crippen LogP contribution in [0.2, 0.25) is 0 Å². The van der Waals surface area contributed by atoms with E-state index in [0.29, 0.717) is 18.0 Å². The van der Waals surface area contributed by atoms with E-state index in [2.05, 4.69) is 44.8 Å². The SMILES string of the molecule is CCCCCCCC(Br)c1cc2c(cc1Br)OCCO2. The largest absolute Gasteiger partial charge is 0.486 e. The molecular weight excluding hydrogens is 384 g/mol. The minimum absolute atomic E-state index is 0.370. The maximum absolute atomic E-state index is 5.66. The summed E-state index contributed by atoms with van der Waals surface area (Å²) in [5.41, 5.74) is 1.25. The highest BCUT2D eigenvalue weighted by molar-refractivity contribution is 9.11. The number of hydrogen-bond donors (Lipinski definition) is 0. The van der Waals surface area contributed by atoms with E-state index in [-0.39, 0.29) is 0 Å². The van der Waals surface area contributed by atoms with Gasteiger partial charge in [-0.1, -0.05) is 70.9 Å². The summed E-state index contributed by atoms with van der Waals surface area (Å²) >= 11 is 7.45. The molecule has 112 valence electrons. The lowest BCUT2D eigenvalue weighted by Crippen LogP contribution is -2.15. The molecule has 0 fully saturated rings. The Bertz CT molecular complexity index is 435. The number of fused-ring (bicyclic) bond motifs is 1. The summed E-state index contributed by atoms with van der Waals surface area (Å²) in [7, 11) is 0. The van der Waals surface area contributed by atoms with Crippen molar-refractivity contribution < 1.29 is 9.47 Å². The molecule has 4 heteroatoms. The van der Waals surface area contributed by atoms with Gasteiger partial charge in [0, 0.05) is 9.30 Å². The Labute approximate surface area is 138 Å². The predicted molar refractivity (Wildman–Crippen MR) is 90.2 cm³/mol. The van der Waals surface area contributed by atoms with E-state index in [1.807, 2.05) is 6.07 Å². The highest BCUT2D eigenvalue weighted by atomic mass is 79.9. The third-order valence-corrected chi connectivity index (χ3v) is 5.20. The first-order chi connectivity index (χ1) is 9.72. The predicted octanol–water partition coefficient (Wildman–Crippen LogP) is 6.02. The summed E-state index contributed by atoms with van der Waals surface area (Å²) in [4.78, 5) is 0.370. The molecule has 20 heavy (non-hydrogen) atoms. The lowest BCUT2D eigenvalue weighted by Gasteiger charge is -2.21. The van der Waals surface area contributed by atoms with Crippen LogP contribution in [0.5, 0.6) is 11.5 Å². The van der Waals surface area contributed by atoms with Gasteiger partial charge in [-0.3, -0.25) is 0 Å². The lowest BCUT2D eigenvalue weighted by molar-refractivity contribution is 0.171. The average Bonchev–Trinajstić information content (AvgIpc) is 2.46. The zero-order valence-electron chi connectivity index (χ0n) is 12.0. The van der Waals surface area contributed by atoms with E-state index >= 15 is 0 Å². The second kappa shape index (κ2) is 8.28. The van der Waals surface area contributed by atoms with Crippen molar-refractivity contribution in [3.05, 3.63) is 22.2 Å². The van der Waals surface area contributed by atoms with Gasteiger partial charge in [0.1, 0.15) is 13.2 Å². The standard InChI is InChI=1S/C16H22Br2O2/c1-2-3-4-5-6-7-13(17)12-10-15-16(11-14(12)18)20-9-8-19-15/h10-11,13H,2-9H2,1H3. The molecule has 1 aliphatic heterocycles. The van der Waals surface area contributed by atoms with Crippen molar-refractivity contribution in [1.29, 1.82) is 0 Å². The minimum Gasteiger partial charge on any atom is -0.486 e. The van der Waals surface area contributed by atoms with Crippen LogP contribution in [0, 0.1) is 0 Å². The average molecular weight is 406 g/mol. The van der Waals surface area contributed by atoms with Crippen LogP contribution in [0.15, 0.2) is 16.6 Å². The lowest BCUT2D eigenvalue weighted by atomic mass is 10.0. The minimum atomic E-state index is 0.370. The van der Waals surface area contributed by atoms with Crippen LogP contribution in [-0.4, -0.2) is 13.2 Å². The molecule has 0 aromatic heterocycles. The van der Waals surface area contributed by atoms with E-state index in [1.54, 1.807) is 0 Å². The van der Waals surface area contributed by atoms with Crippen LogP contribution < -0.4 is 9.47 Å². The van der Waals surface area contributed by atoms with Crippen LogP contribution in [-0.2, 0) is 0 Å². The molecule has 2 rings (SSSR count). The molecule has 0 bridgehead atoms. The first kappa shape index (κ1) is 16.2. The Balaban J connectivity index is 1.93. The second-order valence-electron chi connectivity index (χ2n) is 5.19. The van der Waals surface area contributed by atoms with Crippen LogP contribution >= 0.6 is 31.9 Å². The molecule has 1 unspecified atom stereocenters. The molecule has 1 aromatic carbocycles. The fraction of sp³-hybridized carbons (Fsp3) is 0.625. The Morgan fingerprint density at radius 1 is 1.05 bits per heavy atom. The van der Waals surface area contributed by atoms with Crippen LogP contribution in [0.25, 0.3) is 0 Å². The molecule has 0 spiro atoms. The smallest absolute Gasteiger partial charge is 0.162 e. The number of unbranched alkanes of at least 4 members (excludes halogenated alkanes) is 4. The van der Waals surface area contributed by atoms with Crippen molar-refractivity contribution in [3.8, 4) is 11.5 Å². The number of halogens is 2. The summed E-state index contributed by atoms with van der Waals surface area (Å²) in [6.45, 7) is 3.52. The maximum Gasteiger partial charge on any atom is 0.162 e. The second-order valence-corrected chi connectivity index (χ2v) is 7.15. The molecule has 1 aromatic rings. The van der Waals surface area contributed by atoms with Gasteiger partial charge in [0.2, 0.25) is 0 Å². The summed E-state index contributed by atoms with van der Waals surface area (Å²) in [5, 5.41) is 0. The fourth-order valence-electron chi connectivity index (χ4n) is 2.40. The van der Waals surface area contributed by atoms with Crippen molar-refractivity contribution in [1.82, 2.24) is 0 Å². The summed E-state index contributed by atoms with van der Waals surface area (Å²) in [5.74, 6) is 1.71. The number of rotatable bonds is 7. The molecule has 1 heterocycles. The molecule has 0 N–H and O–H groups in total. The molecule has 0 saturated carbocycles. The normalized spacial score (nSPS) is 15.2. The van der Waals surface area contributed by atoms with Crippen LogP contribution in [0.3, 0.4) is 0 Å². The Morgan fingerprint density at radius 2 is 1.70 bits per heavy atom. The number of hydrogen-bond acceptors (Lipinski definition) is 2. The van der Waals surface area contributed by atoms with Gasteiger partial charge in [0.25, 0.3) is 0 Å². The van der Waals surface area contributed by atoms with E-state index < -0.39 is 0 Å². The van der Waals surface area contributed by atoms with Crippen molar-refractivity contribution >= 4 is 31.9 Å². The molecule has 0 amide bonds. The van der Waals surface area contributed by atoms with Crippen LogP contribution in [0.1, 0.15) is 55.8 Å². The summed E-state index contributed by atoms with van der Waals surface area (Å²) in [6, 6.07) is 4.12. The van der Waals surface area contributed by atoms with Crippen molar-refractivity contribution in [3.63, 3.8) is 0 Å². The topological polar surface area (TPSA) is 18.5 Å². The highest BCUT2D eigenvalue weighted by Crippen LogP contribution is 2.41. The van der Waals surface area contributed by atoms with Crippen LogP contribution in [0.4, 0.5) is 0 Å². The van der Waals surface area contributed by atoms with Gasteiger partial charge in [-0.15, -0.1) is 0 Å². The van der Waals surface area contributed by atoms with Gasteiger partial charge < -0.3 is 9.47 Å². The quantitative estimate of drug-likeness (QED) is 0.408. The van der Waals surface area contributed by atoms with Crippen molar-refractivity contribution in [2.45, 2.75) is 50.3 Å². The van der Waals surface area contributed by atoms with Gasteiger partial charge in [-0.05, 0) is 24.1 Å². The fourth-order valence-corrected chi connectivity index (χ4v) is 4.01. The molecule has 0 aliphatic carbocycles. The first-order valence-electron chi connectivity index (χ1n) is 7.45. The van der Waals surface area contributed by atoms with Gasteiger partial charge >= 0.3 is 0 Å². The molecule has 1 atom stereocenters. The molecule has 2 nitrogen and oxygen atoms in total. The highest BCUT2D eigenvalue weighted by Gasteiger charge is 2.18. The van der Waals surface area contributed by atoms with E-state index in [9.17, 15) is 0 Å². The van der Waals surface area contributed by atoms with Crippen molar-refractivity contribution in [2.24, 2.45) is 0 Å². The number of ether oxygens (including phenoxy) is 2.